The van der Waals surface area contributed by atoms with Crippen molar-refractivity contribution >= 4 is 12.1 Å². The van der Waals surface area contributed by atoms with E-state index in [1.54, 1.807) is 0 Å². The maximum Gasteiger partial charge on any atom is 0.410 e. The summed E-state index contributed by atoms with van der Waals surface area (Å²) in [4.78, 5) is 23.7. The van der Waals surface area contributed by atoms with Crippen LogP contribution in [0.15, 0.2) is 12.7 Å². The zero-order valence-electron chi connectivity index (χ0n) is 8.81. The highest BCUT2D eigenvalue weighted by atomic mass is 16.6. The molecule has 0 aromatic heterocycles. The number of rotatable bonds is 3. The molecule has 1 aliphatic heterocycles. The van der Waals surface area contributed by atoms with Gasteiger partial charge in [-0.05, 0) is 6.42 Å². The van der Waals surface area contributed by atoms with Gasteiger partial charge in [-0.2, -0.15) is 0 Å². The number of carbonyl (C=O) groups is 2. The average Bonchev–Trinajstić information content (AvgIpc) is 2.71. The highest BCUT2D eigenvalue weighted by molar-refractivity contribution is 5.81. The maximum absolute atomic E-state index is 11.4. The number of carboxylic acids is 1. The number of terminal acetylenes is 1. The van der Waals surface area contributed by atoms with E-state index in [-0.39, 0.29) is 19.6 Å². The van der Waals surface area contributed by atoms with Gasteiger partial charge >= 0.3 is 12.1 Å². The molecule has 1 rings (SSSR count). The summed E-state index contributed by atoms with van der Waals surface area (Å²) in [5, 5.41) is 9.00. The molecule has 5 heteroatoms. The Balaban J connectivity index is 2.64. The number of ether oxygens (including phenoxy) is 1. The predicted molar refractivity (Wildman–Crippen MR) is 56.6 cm³/mol. The molecule has 0 aromatic rings. The lowest BCUT2D eigenvalue weighted by atomic mass is 9.89. The predicted octanol–water partition coefficient (Wildman–Crippen LogP) is 0.719. The Hall–Kier alpha value is -1.96. The second-order valence-corrected chi connectivity index (χ2v) is 3.57. The first-order valence-electron chi connectivity index (χ1n) is 4.79. The van der Waals surface area contributed by atoms with Gasteiger partial charge in [-0.1, -0.05) is 18.6 Å². The Labute approximate surface area is 93.7 Å². The van der Waals surface area contributed by atoms with Gasteiger partial charge in [0.1, 0.15) is 12.0 Å². The third kappa shape index (κ3) is 2.16. The minimum atomic E-state index is -1.27. The Kier molecular flexibility index (Phi) is 3.56. The van der Waals surface area contributed by atoms with E-state index in [1.165, 1.54) is 11.0 Å². The molecule has 0 radical (unpaired) electrons. The van der Waals surface area contributed by atoms with Crippen molar-refractivity contribution in [3.8, 4) is 12.3 Å². The summed E-state index contributed by atoms with van der Waals surface area (Å²) in [5.74, 6) is 1.17. The molecule has 1 saturated heterocycles. The summed E-state index contributed by atoms with van der Waals surface area (Å²) in [5.41, 5.74) is -1.27. The lowest BCUT2D eigenvalue weighted by molar-refractivity contribution is -0.144. The van der Waals surface area contributed by atoms with E-state index in [0.29, 0.717) is 6.54 Å². The smallest absolute Gasteiger partial charge is 0.410 e. The second kappa shape index (κ2) is 4.71. The Morgan fingerprint density at radius 3 is 2.81 bits per heavy atom. The SMILES string of the molecule is C#CC1(C(=O)O)CCN(C(=O)OCC=C)C1. The van der Waals surface area contributed by atoms with Gasteiger partial charge in [-0.3, -0.25) is 4.79 Å². The fourth-order valence-corrected chi connectivity index (χ4v) is 1.54. The molecule has 16 heavy (non-hydrogen) atoms. The van der Waals surface area contributed by atoms with Gasteiger partial charge in [0.25, 0.3) is 0 Å². The molecule has 86 valence electrons. The van der Waals surface area contributed by atoms with Crippen molar-refractivity contribution < 1.29 is 19.4 Å². The molecule has 1 amide bonds. The molecule has 5 nitrogen and oxygen atoms in total. The first-order chi connectivity index (χ1) is 7.55. The van der Waals surface area contributed by atoms with E-state index in [9.17, 15) is 9.59 Å². The molecule has 1 heterocycles. The molecule has 1 aliphatic rings. The van der Waals surface area contributed by atoms with E-state index in [1.807, 2.05) is 0 Å². The van der Waals surface area contributed by atoms with Gasteiger partial charge < -0.3 is 14.7 Å². The third-order valence-corrected chi connectivity index (χ3v) is 2.54. The molecule has 1 atom stereocenters. The molecule has 0 saturated carbocycles. The van der Waals surface area contributed by atoms with Crippen molar-refractivity contribution in [1.29, 1.82) is 0 Å². The zero-order chi connectivity index (χ0) is 12.2. The normalized spacial score (nSPS) is 23.6. The van der Waals surface area contributed by atoms with Crippen LogP contribution in [0.3, 0.4) is 0 Å². The summed E-state index contributed by atoms with van der Waals surface area (Å²) >= 11 is 0. The van der Waals surface area contributed by atoms with Crippen LogP contribution in [0, 0.1) is 17.8 Å². The maximum atomic E-state index is 11.4. The van der Waals surface area contributed by atoms with Crippen LogP contribution < -0.4 is 0 Å². The molecular weight excluding hydrogens is 210 g/mol. The zero-order valence-corrected chi connectivity index (χ0v) is 8.81. The fourth-order valence-electron chi connectivity index (χ4n) is 1.54. The van der Waals surface area contributed by atoms with Gasteiger partial charge in [0.15, 0.2) is 0 Å². The Morgan fingerprint density at radius 1 is 1.69 bits per heavy atom. The topological polar surface area (TPSA) is 66.8 Å². The monoisotopic (exact) mass is 223 g/mol. The van der Waals surface area contributed by atoms with Crippen LogP contribution in [-0.2, 0) is 9.53 Å². The summed E-state index contributed by atoms with van der Waals surface area (Å²) in [6.45, 7) is 3.81. The number of hydrogen-bond acceptors (Lipinski definition) is 3. The fraction of sp³-hybridized carbons (Fsp3) is 0.455. The number of likely N-dealkylation sites (tertiary alicyclic amines) is 1. The van der Waals surface area contributed by atoms with E-state index < -0.39 is 17.5 Å². The number of hydrogen-bond donors (Lipinski definition) is 1. The van der Waals surface area contributed by atoms with Crippen molar-refractivity contribution in [3.05, 3.63) is 12.7 Å². The van der Waals surface area contributed by atoms with Crippen molar-refractivity contribution in [1.82, 2.24) is 4.90 Å². The molecule has 1 unspecified atom stereocenters. The Bertz CT molecular complexity index is 357. The minimum Gasteiger partial charge on any atom is -0.480 e. The van der Waals surface area contributed by atoms with Crippen LogP contribution in [0.2, 0.25) is 0 Å². The van der Waals surface area contributed by atoms with Crippen LogP contribution in [0.25, 0.3) is 0 Å². The van der Waals surface area contributed by atoms with E-state index >= 15 is 0 Å². The highest BCUT2D eigenvalue weighted by Gasteiger charge is 2.45. The molecule has 1 N–H and O–H groups in total. The minimum absolute atomic E-state index is 0.00515. The van der Waals surface area contributed by atoms with Crippen molar-refractivity contribution in [2.75, 3.05) is 19.7 Å². The van der Waals surface area contributed by atoms with Crippen LogP contribution >= 0.6 is 0 Å². The highest BCUT2D eigenvalue weighted by Crippen LogP contribution is 2.30. The van der Waals surface area contributed by atoms with E-state index in [2.05, 4.69) is 12.5 Å². The van der Waals surface area contributed by atoms with Gasteiger partial charge in [0.2, 0.25) is 0 Å². The molecule has 0 aliphatic carbocycles. The number of carboxylic acid groups (broad SMARTS) is 1. The Morgan fingerprint density at radius 2 is 2.38 bits per heavy atom. The second-order valence-electron chi connectivity index (χ2n) is 3.57. The standard InChI is InChI=1S/C11H13NO4/c1-3-7-16-10(15)12-6-5-11(4-2,8-12)9(13)14/h2-3H,1,5-8H2,(H,13,14). The molecule has 0 aromatic carbocycles. The number of nitrogens with zero attached hydrogens (tertiary/aromatic N) is 1. The third-order valence-electron chi connectivity index (χ3n) is 2.54. The molecule has 0 spiro atoms. The van der Waals surface area contributed by atoms with Crippen LogP contribution in [0.1, 0.15) is 6.42 Å². The quantitative estimate of drug-likeness (QED) is 0.565. The van der Waals surface area contributed by atoms with E-state index in [0.717, 1.165) is 0 Å². The first kappa shape index (κ1) is 12.1. The van der Waals surface area contributed by atoms with E-state index in [4.69, 9.17) is 16.3 Å². The van der Waals surface area contributed by atoms with Crippen molar-refractivity contribution in [3.63, 3.8) is 0 Å². The first-order valence-corrected chi connectivity index (χ1v) is 4.79. The molecule has 1 fully saturated rings. The number of amides is 1. The average molecular weight is 223 g/mol. The lowest BCUT2D eigenvalue weighted by Gasteiger charge is -2.18. The van der Waals surface area contributed by atoms with Crippen LogP contribution in [0.4, 0.5) is 4.79 Å². The van der Waals surface area contributed by atoms with Gasteiger partial charge in [0, 0.05) is 6.54 Å². The summed E-state index contributed by atoms with van der Waals surface area (Å²) in [6.07, 6.45) is 6.35. The summed E-state index contributed by atoms with van der Waals surface area (Å²) in [6, 6.07) is 0. The summed E-state index contributed by atoms with van der Waals surface area (Å²) < 4.78 is 4.80. The van der Waals surface area contributed by atoms with Gasteiger partial charge in [0.05, 0.1) is 6.54 Å². The van der Waals surface area contributed by atoms with Gasteiger partial charge in [-0.25, -0.2) is 4.79 Å². The largest absolute Gasteiger partial charge is 0.480 e. The van der Waals surface area contributed by atoms with Crippen molar-refractivity contribution in [2.24, 2.45) is 5.41 Å². The molecular formula is C11H13NO4. The van der Waals surface area contributed by atoms with Crippen molar-refractivity contribution in [2.45, 2.75) is 6.42 Å². The van der Waals surface area contributed by atoms with Crippen LogP contribution in [-0.4, -0.2) is 41.8 Å². The summed E-state index contributed by atoms with van der Waals surface area (Å²) in [7, 11) is 0. The lowest BCUT2D eigenvalue weighted by Crippen LogP contribution is -2.36. The van der Waals surface area contributed by atoms with Gasteiger partial charge in [-0.15, -0.1) is 6.42 Å². The number of aliphatic carboxylic acids is 1. The van der Waals surface area contributed by atoms with Crippen LogP contribution in [0.5, 0.6) is 0 Å². The molecule has 0 bridgehead atoms. The number of carbonyl (C=O) groups excluding carboxylic acids is 1.